The lowest BCUT2D eigenvalue weighted by atomic mass is 9.89. The van der Waals surface area contributed by atoms with Crippen LogP contribution >= 0.6 is 11.8 Å². The van der Waals surface area contributed by atoms with Crippen LogP contribution in [0.25, 0.3) is 0 Å². The minimum Gasteiger partial charge on any atom is -0.381 e. The third kappa shape index (κ3) is 2.92. The fourth-order valence-corrected chi connectivity index (χ4v) is 4.06. The molecule has 1 aliphatic carbocycles. The van der Waals surface area contributed by atoms with Gasteiger partial charge in [-0.25, -0.2) is 0 Å². The fraction of sp³-hybridized carbons (Fsp3) is 0.625. The number of rotatable bonds is 3. The van der Waals surface area contributed by atoms with Crippen LogP contribution in [0, 0.1) is 0 Å². The summed E-state index contributed by atoms with van der Waals surface area (Å²) in [5.41, 5.74) is 1.49. The van der Waals surface area contributed by atoms with Crippen LogP contribution in [-0.4, -0.2) is 24.5 Å². The second kappa shape index (κ2) is 5.76. The number of nitrogens with one attached hydrogen (secondary N) is 1. The van der Waals surface area contributed by atoms with Crippen molar-refractivity contribution in [3.63, 3.8) is 0 Å². The van der Waals surface area contributed by atoms with Gasteiger partial charge in [0.25, 0.3) is 0 Å². The van der Waals surface area contributed by atoms with E-state index in [0.717, 1.165) is 13.0 Å². The van der Waals surface area contributed by atoms with Crippen molar-refractivity contribution in [1.29, 1.82) is 0 Å². The predicted octanol–water partition coefficient (Wildman–Crippen LogP) is 4.31. The van der Waals surface area contributed by atoms with Crippen molar-refractivity contribution in [3.8, 4) is 0 Å². The Morgan fingerprint density at radius 3 is 2.84 bits per heavy atom. The van der Waals surface area contributed by atoms with E-state index in [0.29, 0.717) is 6.04 Å². The molecule has 19 heavy (non-hydrogen) atoms. The minimum absolute atomic E-state index is 0.199. The molecular formula is C16H23NOS. The fourth-order valence-electron chi connectivity index (χ4n) is 3.50. The molecule has 104 valence electrons. The maximum Gasteiger partial charge on any atom is 0.0702 e. The van der Waals surface area contributed by atoms with Gasteiger partial charge in [0.05, 0.1) is 5.60 Å². The van der Waals surface area contributed by atoms with E-state index in [9.17, 15) is 0 Å². The van der Waals surface area contributed by atoms with Crippen LogP contribution in [0.3, 0.4) is 0 Å². The standard InChI is InChI=1S/C16H23NOS/c1-19-15-7-3-2-6-14(15)17-13-8-11-18-16(12-13)9-4-5-10-16/h2-3,6-7,13,17H,4-5,8-12H2,1H3. The van der Waals surface area contributed by atoms with Crippen LogP contribution in [0.15, 0.2) is 29.2 Å². The van der Waals surface area contributed by atoms with E-state index in [-0.39, 0.29) is 5.60 Å². The highest BCUT2D eigenvalue weighted by atomic mass is 32.2. The molecule has 0 aromatic heterocycles. The summed E-state index contributed by atoms with van der Waals surface area (Å²) in [5, 5.41) is 3.75. The lowest BCUT2D eigenvalue weighted by Gasteiger charge is -2.39. The van der Waals surface area contributed by atoms with Crippen molar-refractivity contribution in [3.05, 3.63) is 24.3 Å². The highest BCUT2D eigenvalue weighted by Crippen LogP contribution is 2.41. The Morgan fingerprint density at radius 1 is 1.26 bits per heavy atom. The average Bonchev–Trinajstić information content (AvgIpc) is 2.87. The number of hydrogen-bond donors (Lipinski definition) is 1. The van der Waals surface area contributed by atoms with E-state index in [1.807, 2.05) is 11.8 Å². The Kier molecular flexibility index (Phi) is 4.04. The molecule has 1 N–H and O–H groups in total. The topological polar surface area (TPSA) is 21.3 Å². The molecule has 2 aliphatic rings. The Hall–Kier alpha value is -0.670. The molecule has 3 heteroatoms. The van der Waals surface area contributed by atoms with Gasteiger partial charge in [0.2, 0.25) is 0 Å². The summed E-state index contributed by atoms with van der Waals surface area (Å²) in [7, 11) is 0. The molecule has 1 aromatic rings. The van der Waals surface area contributed by atoms with Gasteiger partial charge in [-0.1, -0.05) is 25.0 Å². The monoisotopic (exact) mass is 277 g/mol. The molecule has 1 saturated carbocycles. The Balaban J connectivity index is 1.69. The average molecular weight is 277 g/mol. The van der Waals surface area contributed by atoms with Crippen molar-refractivity contribution in [2.24, 2.45) is 0 Å². The van der Waals surface area contributed by atoms with Gasteiger partial charge in [0.1, 0.15) is 0 Å². The van der Waals surface area contributed by atoms with Gasteiger partial charge in [-0.05, 0) is 44.1 Å². The molecule has 0 radical (unpaired) electrons. The summed E-state index contributed by atoms with van der Waals surface area (Å²) >= 11 is 1.81. The first-order valence-electron chi connectivity index (χ1n) is 7.35. The van der Waals surface area contributed by atoms with Crippen LogP contribution < -0.4 is 5.32 Å². The van der Waals surface area contributed by atoms with Gasteiger partial charge in [-0.3, -0.25) is 0 Å². The number of ether oxygens (including phenoxy) is 1. The van der Waals surface area contributed by atoms with Gasteiger partial charge in [0.15, 0.2) is 0 Å². The summed E-state index contributed by atoms with van der Waals surface area (Å²) in [6.07, 6.45) is 9.65. The second-order valence-electron chi connectivity index (χ2n) is 5.77. The third-order valence-electron chi connectivity index (χ3n) is 4.47. The van der Waals surface area contributed by atoms with Gasteiger partial charge < -0.3 is 10.1 Å². The van der Waals surface area contributed by atoms with Crippen molar-refractivity contribution in [2.75, 3.05) is 18.2 Å². The number of para-hydroxylation sites is 1. The van der Waals surface area contributed by atoms with Crippen molar-refractivity contribution >= 4 is 17.4 Å². The zero-order chi connectivity index (χ0) is 13.1. The summed E-state index contributed by atoms with van der Waals surface area (Å²) < 4.78 is 6.11. The van der Waals surface area contributed by atoms with Crippen molar-refractivity contribution in [1.82, 2.24) is 0 Å². The van der Waals surface area contributed by atoms with E-state index in [4.69, 9.17) is 4.74 Å². The zero-order valence-corrected chi connectivity index (χ0v) is 12.5. The SMILES string of the molecule is CSc1ccccc1NC1CCOC2(CCCC2)C1. The van der Waals surface area contributed by atoms with Crippen molar-refractivity contribution in [2.45, 2.75) is 55.1 Å². The lowest BCUT2D eigenvalue weighted by molar-refractivity contribution is -0.0767. The Morgan fingerprint density at radius 2 is 2.05 bits per heavy atom. The minimum atomic E-state index is 0.199. The molecule has 2 fully saturated rings. The molecular weight excluding hydrogens is 254 g/mol. The summed E-state index contributed by atoms with van der Waals surface area (Å²) in [6, 6.07) is 9.19. The number of thioether (sulfide) groups is 1. The van der Waals surface area contributed by atoms with Crippen molar-refractivity contribution < 1.29 is 4.74 Å². The highest BCUT2D eigenvalue weighted by Gasteiger charge is 2.39. The molecule has 1 heterocycles. The smallest absolute Gasteiger partial charge is 0.0702 e. The first-order chi connectivity index (χ1) is 9.31. The molecule has 1 saturated heterocycles. The predicted molar refractivity (Wildman–Crippen MR) is 82.0 cm³/mol. The van der Waals surface area contributed by atoms with Crippen LogP contribution in [0.4, 0.5) is 5.69 Å². The maximum absolute atomic E-state index is 6.11. The maximum atomic E-state index is 6.11. The first kappa shape index (κ1) is 13.3. The first-order valence-corrected chi connectivity index (χ1v) is 8.57. The van der Waals surface area contributed by atoms with E-state index < -0.39 is 0 Å². The normalized spacial score (nSPS) is 25.6. The summed E-state index contributed by atoms with van der Waals surface area (Å²) in [6.45, 7) is 0.916. The molecule has 0 amide bonds. The van der Waals surface area contributed by atoms with Gasteiger partial charge in [0, 0.05) is 23.2 Å². The van der Waals surface area contributed by atoms with E-state index in [2.05, 4.69) is 35.8 Å². The van der Waals surface area contributed by atoms with Crippen LogP contribution in [-0.2, 0) is 4.74 Å². The van der Waals surface area contributed by atoms with E-state index >= 15 is 0 Å². The molecule has 1 aromatic carbocycles. The molecule has 1 atom stereocenters. The molecule has 0 bridgehead atoms. The Labute approximate surface area is 120 Å². The number of hydrogen-bond acceptors (Lipinski definition) is 3. The van der Waals surface area contributed by atoms with Crippen LogP contribution in [0.5, 0.6) is 0 Å². The van der Waals surface area contributed by atoms with Gasteiger partial charge in [-0.2, -0.15) is 0 Å². The molecule has 3 rings (SSSR count). The summed E-state index contributed by atoms with van der Waals surface area (Å²) in [5.74, 6) is 0. The van der Waals surface area contributed by atoms with Crippen LogP contribution in [0.2, 0.25) is 0 Å². The van der Waals surface area contributed by atoms with Gasteiger partial charge >= 0.3 is 0 Å². The van der Waals surface area contributed by atoms with Crippen LogP contribution in [0.1, 0.15) is 38.5 Å². The van der Waals surface area contributed by atoms with Gasteiger partial charge in [-0.15, -0.1) is 11.8 Å². The lowest BCUT2D eigenvalue weighted by Crippen LogP contribution is -2.42. The number of benzene rings is 1. The molecule has 1 unspecified atom stereocenters. The summed E-state index contributed by atoms with van der Waals surface area (Å²) in [4.78, 5) is 1.34. The van der Waals surface area contributed by atoms with E-state index in [1.165, 1.54) is 42.7 Å². The third-order valence-corrected chi connectivity index (χ3v) is 5.27. The highest BCUT2D eigenvalue weighted by molar-refractivity contribution is 7.98. The molecule has 2 nitrogen and oxygen atoms in total. The largest absolute Gasteiger partial charge is 0.381 e. The molecule has 1 spiro atoms. The number of anilines is 1. The molecule has 1 aliphatic heterocycles. The second-order valence-corrected chi connectivity index (χ2v) is 6.62. The quantitative estimate of drug-likeness (QED) is 0.832. The Bertz CT molecular complexity index is 429. The van der Waals surface area contributed by atoms with E-state index in [1.54, 1.807) is 0 Å². The zero-order valence-electron chi connectivity index (χ0n) is 11.7.